The standard InChI is InChI=1S/C16H22F2N2O2.2ClH/c1-15(2,3)14(20-8-6-19-7-9-20)11-4-5-12-13(10-11)22-16(17,18)21-12;;/h4-5,10,14,19H,6-9H2,1-3H3;2*1H/t14-;;/m0../s1. The van der Waals surface area contributed by atoms with Gasteiger partial charge in [0.15, 0.2) is 11.5 Å². The summed E-state index contributed by atoms with van der Waals surface area (Å²) in [5.74, 6) is 0.216. The molecule has 2 aliphatic rings. The maximum atomic E-state index is 13.2. The molecular weight excluding hydrogens is 361 g/mol. The molecule has 0 radical (unpaired) electrons. The molecule has 0 unspecified atom stereocenters. The van der Waals surface area contributed by atoms with Crippen LogP contribution in [0.15, 0.2) is 18.2 Å². The van der Waals surface area contributed by atoms with Crippen LogP contribution in [-0.4, -0.2) is 37.4 Å². The number of hydrogen-bond donors (Lipinski definition) is 1. The Morgan fingerprint density at radius 3 is 2.25 bits per heavy atom. The molecule has 0 aromatic heterocycles. The Labute approximate surface area is 153 Å². The summed E-state index contributed by atoms with van der Waals surface area (Å²) in [4.78, 5) is 2.40. The van der Waals surface area contributed by atoms with Crippen LogP contribution in [0, 0.1) is 5.41 Å². The van der Waals surface area contributed by atoms with Crippen LogP contribution in [0.1, 0.15) is 32.4 Å². The van der Waals surface area contributed by atoms with Crippen LogP contribution in [0.5, 0.6) is 11.5 Å². The second-order valence-electron chi connectivity index (χ2n) is 6.93. The number of fused-ring (bicyclic) bond motifs is 1. The van der Waals surface area contributed by atoms with E-state index in [1.165, 1.54) is 0 Å². The minimum atomic E-state index is -3.56. The highest BCUT2D eigenvalue weighted by molar-refractivity contribution is 5.85. The average Bonchev–Trinajstić information content (AvgIpc) is 2.71. The molecule has 138 valence electrons. The van der Waals surface area contributed by atoms with Gasteiger partial charge >= 0.3 is 6.29 Å². The van der Waals surface area contributed by atoms with Crippen molar-refractivity contribution in [3.63, 3.8) is 0 Å². The molecule has 8 heteroatoms. The molecule has 0 amide bonds. The van der Waals surface area contributed by atoms with E-state index < -0.39 is 6.29 Å². The Morgan fingerprint density at radius 2 is 1.67 bits per heavy atom. The summed E-state index contributed by atoms with van der Waals surface area (Å²) in [6, 6.07) is 5.26. The Bertz CT molecular complexity index is 561. The number of halogens is 4. The molecule has 1 saturated heterocycles. The van der Waals surface area contributed by atoms with Crippen molar-refractivity contribution >= 4 is 24.8 Å². The van der Waals surface area contributed by atoms with Gasteiger partial charge < -0.3 is 14.8 Å². The number of rotatable bonds is 2. The van der Waals surface area contributed by atoms with Crippen molar-refractivity contribution in [2.45, 2.75) is 33.1 Å². The molecule has 1 fully saturated rings. The van der Waals surface area contributed by atoms with Gasteiger partial charge in [-0.15, -0.1) is 33.6 Å². The van der Waals surface area contributed by atoms with E-state index in [1.54, 1.807) is 12.1 Å². The van der Waals surface area contributed by atoms with Crippen molar-refractivity contribution in [3.05, 3.63) is 23.8 Å². The van der Waals surface area contributed by atoms with Crippen LogP contribution in [0.25, 0.3) is 0 Å². The van der Waals surface area contributed by atoms with Gasteiger partial charge in [0, 0.05) is 32.2 Å². The van der Waals surface area contributed by atoms with E-state index in [1.807, 2.05) is 6.07 Å². The maximum absolute atomic E-state index is 13.2. The van der Waals surface area contributed by atoms with Gasteiger partial charge in [0.05, 0.1) is 0 Å². The van der Waals surface area contributed by atoms with Gasteiger partial charge in [0.2, 0.25) is 0 Å². The molecule has 3 rings (SSSR count). The van der Waals surface area contributed by atoms with Crippen LogP contribution < -0.4 is 14.8 Å². The Balaban J connectivity index is 0.00000144. The van der Waals surface area contributed by atoms with Gasteiger partial charge in [-0.3, -0.25) is 4.90 Å². The number of piperazine rings is 1. The van der Waals surface area contributed by atoms with Crippen molar-refractivity contribution in [1.29, 1.82) is 0 Å². The summed E-state index contributed by atoms with van der Waals surface area (Å²) in [5, 5.41) is 3.34. The number of hydrogen-bond acceptors (Lipinski definition) is 4. The summed E-state index contributed by atoms with van der Waals surface area (Å²) in [6.07, 6.45) is -3.56. The van der Waals surface area contributed by atoms with E-state index in [2.05, 4.69) is 40.5 Å². The molecule has 24 heavy (non-hydrogen) atoms. The van der Waals surface area contributed by atoms with Crippen molar-refractivity contribution in [2.24, 2.45) is 5.41 Å². The second kappa shape index (κ2) is 7.60. The first-order valence-electron chi connectivity index (χ1n) is 7.61. The zero-order valence-corrected chi connectivity index (χ0v) is 15.6. The molecule has 2 aliphatic heterocycles. The Kier molecular flexibility index (Phi) is 6.72. The van der Waals surface area contributed by atoms with Crippen molar-refractivity contribution in [1.82, 2.24) is 10.2 Å². The van der Waals surface area contributed by atoms with Gasteiger partial charge in [-0.05, 0) is 23.1 Å². The average molecular weight is 385 g/mol. The highest BCUT2D eigenvalue weighted by Crippen LogP contribution is 2.45. The molecule has 0 saturated carbocycles. The normalized spacial score (nSPS) is 20.7. The number of nitrogens with one attached hydrogen (secondary N) is 1. The zero-order chi connectivity index (χ0) is 16.0. The third-order valence-corrected chi connectivity index (χ3v) is 4.08. The lowest BCUT2D eigenvalue weighted by atomic mass is 9.81. The van der Waals surface area contributed by atoms with Gasteiger partial charge in [0.1, 0.15) is 0 Å². The lowest BCUT2D eigenvalue weighted by Crippen LogP contribution is -2.48. The monoisotopic (exact) mass is 384 g/mol. The van der Waals surface area contributed by atoms with Crippen molar-refractivity contribution < 1.29 is 18.3 Å². The predicted octanol–water partition coefficient (Wildman–Crippen LogP) is 3.84. The van der Waals surface area contributed by atoms with Crippen molar-refractivity contribution in [3.8, 4) is 11.5 Å². The van der Waals surface area contributed by atoms with Gasteiger partial charge in [-0.1, -0.05) is 26.8 Å². The number of alkyl halides is 2. The maximum Gasteiger partial charge on any atom is 0.586 e. The van der Waals surface area contributed by atoms with Gasteiger partial charge in [0.25, 0.3) is 0 Å². The number of ether oxygens (including phenoxy) is 2. The van der Waals surface area contributed by atoms with Gasteiger partial charge in [-0.2, -0.15) is 0 Å². The predicted molar refractivity (Wildman–Crippen MR) is 93.8 cm³/mol. The van der Waals surface area contributed by atoms with Crippen LogP contribution in [0.3, 0.4) is 0 Å². The van der Waals surface area contributed by atoms with E-state index in [9.17, 15) is 8.78 Å². The van der Waals surface area contributed by atoms with E-state index in [0.29, 0.717) is 0 Å². The largest absolute Gasteiger partial charge is 0.586 e. The van der Waals surface area contributed by atoms with Crippen LogP contribution in [0.4, 0.5) is 8.78 Å². The molecule has 0 bridgehead atoms. The molecule has 1 aromatic rings. The summed E-state index contributed by atoms with van der Waals surface area (Å²) < 4.78 is 35.5. The first-order chi connectivity index (χ1) is 10.3. The lowest BCUT2D eigenvalue weighted by molar-refractivity contribution is -0.286. The number of nitrogens with zero attached hydrogens (tertiary/aromatic N) is 1. The third kappa shape index (κ3) is 4.42. The van der Waals surface area contributed by atoms with Crippen LogP contribution in [-0.2, 0) is 0 Å². The molecule has 1 N–H and O–H groups in total. The fourth-order valence-corrected chi connectivity index (χ4v) is 3.33. The third-order valence-electron chi connectivity index (χ3n) is 4.08. The molecule has 1 aromatic carbocycles. The molecule has 4 nitrogen and oxygen atoms in total. The van der Waals surface area contributed by atoms with Crippen LogP contribution >= 0.6 is 24.8 Å². The minimum Gasteiger partial charge on any atom is -0.395 e. The van der Waals surface area contributed by atoms with Crippen LogP contribution in [0.2, 0.25) is 0 Å². The zero-order valence-electron chi connectivity index (χ0n) is 14.0. The summed E-state index contributed by atoms with van der Waals surface area (Å²) in [5.41, 5.74) is 0.961. The summed E-state index contributed by atoms with van der Waals surface area (Å²) >= 11 is 0. The van der Waals surface area contributed by atoms with E-state index in [0.717, 1.165) is 31.7 Å². The summed E-state index contributed by atoms with van der Waals surface area (Å²) in [6.45, 7) is 10.3. The second-order valence-corrected chi connectivity index (χ2v) is 6.93. The topological polar surface area (TPSA) is 33.7 Å². The molecule has 2 heterocycles. The molecule has 0 spiro atoms. The van der Waals surface area contributed by atoms with Crippen molar-refractivity contribution in [2.75, 3.05) is 26.2 Å². The number of benzene rings is 1. The fraction of sp³-hybridized carbons (Fsp3) is 0.625. The van der Waals surface area contributed by atoms with Gasteiger partial charge in [-0.25, -0.2) is 0 Å². The Hall–Kier alpha value is -0.820. The molecule has 0 aliphatic carbocycles. The highest BCUT2D eigenvalue weighted by atomic mass is 35.5. The first-order valence-corrected chi connectivity index (χ1v) is 7.61. The summed E-state index contributed by atoms with van der Waals surface area (Å²) in [7, 11) is 0. The SMILES string of the molecule is CC(C)(C)[C@H](c1ccc2c(c1)OC(F)(F)O2)N1CCNCC1.Cl.Cl. The van der Waals surface area contributed by atoms with E-state index in [4.69, 9.17) is 0 Å². The molecular formula is C16H24Cl2F2N2O2. The molecule has 1 atom stereocenters. The van der Waals surface area contributed by atoms with E-state index >= 15 is 0 Å². The first kappa shape index (κ1) is 21.2. The smallest absolute Gasteiger partial charge is 0.395 e. The van der Waals surface area contributed by atoms with E-state index in [-0.39, 0.29) is 47.8 Å². The highest BCUT2D eigenvalue weighted by Gasteiger charge is 2.44. The quantitative estimate of drug-likeness (QED) is 0.839. The fourth-order valence-electron chi connectivity index (χ4n) is 3.33. The lowest BCUT2D eigenvalue weighted by Gasteiger charge is -2.42. The Morgan fingerprint density at radius 1 is 1.08 bits per heavy atom. The minimum absolute atomic E-state index is 0.